The molecule has 6 heteroatoms. The summed E-state index contributed by atoms with van der Waals surface area (Å²) in [4.78, 5) is 9.08. The molecular weight excluding hydrogens is 339 g/mol. The van der Waals surface area contributed by atoms with Crippen LogP contribution in [0.3, 0.4) is 0 Å². The van der Waals surface area contributed by atoms with Crippen LogP contribution in [0.15, 0.2) is 60.7 Å². The Balaban J connectivity index is 2.05. The molecule has 26 heavy (non-hydrogen) atoms. The van der Waals surface area contributed by atoms with Gasteiger partial charge in [-0.1, -0.05) is 24.3 Å². The van der Waals surface area contributed by atoms with E-state index < -0.39 is 17.5 Å². The number of hydrogen-bond acceptors (Lipinski definition) is 2. The van der Waals surface area contributed by atoms with Gasteiger partial charge in [-0.3, -0.25) is 4.40 Å². The van der Waals surface area contributed by atoms with E-state index in [2.05, 4.69) is 9.97 Å². The average molecular weight is 349 g/mol. The van der Waals surface area contributed by atoms with Gasteiger partial charge in [0, 0.05) is 17.5 Å². The van der Waals surface area contributed by atoms with Crippen LogP contribution in [0, 0.1) is 17.5 Å². The minimum absolute atomic E-state index is 0.0439. The lowest BCUT2D eigenvalue weighted by atomic mass is 10.1. The third kappa shape index (κ3) is 2.02. The predicted octanol–water partition coefficient (Wildman–Crippen LogP) is 5.12. The van der Waals surface area contributed by atoms with Crippen molar-refractivity contribution in [2.75, 3.05) is 0 Å². The van der Waals surface area contributed by atoms with Crippen LogP contribution in [0.25, 0.3) is 39.0 Å². The maximum atomic E-state index is 14.5. The highest BCUT2D eigenvalue weighted by atomic mass is 19.1. The quantitative estimate of drug-likeness (QED) is 0.420. The van der Waals surface area contributed by atoms with E-state index in [4.69, 9.17) is 0 Å². The summed E-state index contributed by atoms with van der Waals surface area (Å²) in [7, 11) is 0. The van der Waals surface area contributed by atoms with Crippen molar-refractivity contribution in [2.24, 2.45) is 0 Å². The summed E-state index contributed by atoms with van der Waals surface area (Å²) in [5.41, 5.74) is 2.04. The van der Waals surface area contributed by atoms with Crippen molar-refractivity contribution in [2.45, 2.75) is 0 Å². The third-order valence-electron chi connectivity index (χ3n) is 4.37. The number of hydrogen-bond donors (Lipinski definition) is 0. The number of halogens is 3. The number of aromatic nitrogens is 3. The van der Waals surface area contributed by atoms with Crippen LogP contribution < -0.4 is 0 Å². The Kier molecular flexibility index (Phi) is 3.03. The molecule has 0 N–H and O–H groups in total. The highest BCUT2D eigenvalue weighted by molar-refractivity contribution is 5.98. The highest BCUT2D eigenvalue weighted by Gasteiger charge is 2.21. The molecule has 3 aromatic carbocycles. The van der Waals surface area contributed by atoms with Crippen LogP contribution in [0.2, 0.25) is 0 Å². The van der Waals surface area contributed by atoms with Crippen molar-refractivity contribution in [3.05, 3.63) is 78.1 Å². The van der Waals surface area contributed by atoms with Crippen LogP contribution in [0.5, 0.6) is 0 Å². The molecule has 5 aromatic rings. The van der Waals surface area contributed by atoms with E-state index >= 15 is 0 Å². The van der Waals surface area contributed by atoms with Gasteiger partial charge in [0.2, 0.25) is 0 Å². The maximum Gasteiger partial charge on any atom is 0.152 e. The molecule has 0 saturated heterocycles. The van der Waals surface area contributed by atoms with Gasteiger partial charge < -0.3 is 0 Å². The van der Waals surface area contributed by atoms with E-state index in [1.165, 1.54) is 0 Å². The number of nitrogens with zero attached hydrogens (tertiary/aromatic N) is 3. The summed E-state index contributed by atoms with van der Waals surface area (Å²) in [5.74, 6) is -2.95. The molecule has 0 spiro atoms. The summed E-state index contributed by atoms with van der Waals surface area (Å²) < 4.78 is 43.9. The number of rotatable bonds is 1. The van der Waals surface area contributed by atoms with Crippen molar-refractivity contribution < 1.29 is 13.2 Å². The summed E-state index contributed by atoms with van der Waals surface area (Å²) in [6.45, 7) is 0. The number of fused-ring (bicyclic) bond motifs is 5. The molecule has 2 heterocycles. The Morgan fingerprint density at radius 3 is 2.15 bits per heavy atom. The molecule has 2 aromatic heterocycles. The van der Waals surface area contributed by atoms with Crippen molar-refractivity contribution in [3.8, 4) is 11.4 Å². The molecule has 126 valence electrons. The van der Waals surface area contributed by atoms with Crippen LogP contribution in [-0.4, -0.2) is 14.4 Å². The zero-order valence-corrected chi connectivity index (χ0v) is 13.2. The summed E-state index contributed by atoms with van der Waals surface area (Å²) in [5, 5.41) is 0.760. The fourth-order valence-electron chi connectivity index (χ4n) is 3.27. The van der Waals surface area contributed by atoms with Gasteiger partial charge in [0.15, 0.2) is 5.82 Å². The lowest BCUT2D eigenvalue weighted by Gasteiger charge is -2.10. The van der Waals surface area contributed by atoms with Crippen molar-refractivity contribution in [1.29, 1.82) is 0 Å². The average Bonchev–Trinajstić information content (AvgIpc) is 3.01. The SMILES string of the molecule is Fc1cc(F)c(-c2nc3ccccc3c3nc4ccccc4n23)c(F)c1. The molecule has 0 aliphatic rings. The number of imidazole rings is 1. The van der Waals surface area contributed by atoms with Gasteiger partial charge in [0.1, 0.15) is 23.1 Å². The van der Waals surface area contributed by atoms with Crippen molar-refractivity contribution >= 4 is 27.6 Å². The van der Waals surface area contributed by atoms with E-state index in [-0.39, 0.29) is 11.4 Å². The Labute approximate surface area is 145 Å². The van der Waals surface area contributed by atoms with Crippen LogP contribution >= 0.6 is 0 Å². The van der Waals surface area contributed by atoms with Crippen LogP contribution in [0.4, 0.5) is 13.2 Å². The summed E-state index contributed by atoms with van der Waals surface area (Å²) in [6.07, 6.45) is 0. The smallest absolute Gasteiger partial charge is 0.152 e. The zero-order valence-electron chi connectivity index (χ0n) is 13.2. The molecule has 0 amide bonds. The molecule has 0 aliphatic carbocycles. The first-order chi connectivity index (χ1) is 12.6. The predicted molar refractivity (Wildman–Crippen MR) is 93.3 cm³/mol. The van der Waals surface area contributed by atoms with Gasteiger partial charge >= 0.3 is 0 Å². The van der Waals surface area contributed by atoms with Crippen LogP contribution in [0.1, 0.15) is 0 Å². The van der Waals surface area contributed by atoms with E-state index in [9.17, 15) is 13.2 Å². The normalized spacial score (nSPS) is 11.7. The Morgan fingerprint density at radius 2 is 1.38 bits per heavy atom. The lowest BCUT2D eigenvalue weighted by molar-refractivity contribution is 0.546. The number of benzene rings is 3. The molecule has 0 radical (unpaired) electrons. The summed E-state index contributed by atoms with van der Waals surface area (Å²) in [6, 6.07) is 15.8. The molecule has 0 saturated carbocycles. The standard InChI is InChI=1S/C20H10F3N3/c21-11-9-13(22)18(14(23)10-11)20-24-15-6-2-1-5-12(15)19-25-16-7-3-4-8-17(16)26(19)20/h1-10H. The van der Waals surface area contributed by atoms with E-state index in [0.717, 1.165) is 5.39 Å². The summed E-state index contributed by atoms with van der Waals surface area (Å²) >= 11 is 0. The molecule has 0 bridgehead atoms. The molecule has 0 atom stereocenters. The lowest BCUT2D eigenvalue weighted by Crippen LogP contribution is -2.02. The minimum Gasteiger partial charge on any atom is -0.276 e. The second-order valence-corrected chi connectivity index (χ2v) is 5.96. The van der Waals surface area contributed by atoms with E-state index in [1.807, 2.05) is 30.3 Å². The molecule has 5 rings (SSSR count). The first-order valence-corrected chi connectivity index (χ1v) is 7.94. The van der Waals surface area contributed by atoms with Gasteiger partial charge in [-0.2, -0.15) is 0 Å². The monoisotopic (exact) mass is 349 g/mol. The molecule has 0 aliphatic heterocycles. The largest absolute Gasteiger partial charge is 0.276 e. The highest BCUT2D eigenvalue weighted by Crippen LogP contribution is 2.32. The first kappa shape index (κ1) is 14.9. The van der Waals surface area contributed by atoms with Gasteiger partial charge in [0.25, 0.3) is 0 Å². The fraction of sp³-hybridized carbons (Fsp3) is 0. The molecule has 0 unspecified atom stereocenters. The van der Waals surface area contributed by atoms with Crippen molar-refractivity contribution in [1.82, 2.24) is 14.4 Å². The van der Waals surface area contributed by atoms with Gasteiger partial charge in [-0.15, -0.1) is 0 Å². The molecule has 0 fully saturated rings. The minimum atomic E-state index is -1.01. The second-order valence-electron chi connectivity index (χ2n) is 5.96. The first-order valence-electron chi connectivity index (χ1n) is 7.94. The topological polar surface area (TPSA) is 30.2 Å². The third-order valence-corrected chi connectivity index (χ3v) is 4.37. The second kappa shape index (κ2) is 5.29. The number of para-hydroxylation sites is 3. The van der Waals surface area contributed by atoms with Gasteiger partial charge in [-0.25, -0.2) is 23.1 Å². The Morgan fingerprint density at radius 1 is 0.731 bits per heavy atom. The van der Waals surface area contributed by atoms with E-state index in [0.29, 0.717) is 34.3 Å². The van der Waals surface area contributed by atoms with Crippen molar-refractivity contribution in [3.63, 3.8) is 0 Å². The fourth-order valence-corrected chi connectivity index (χ4v) is 3.27. The maximum absolute atomic E-state index is 14.5. The molecule has 3 nitrogen and oxygen atoms in total. The van der Waals surface area contributed by atoms with Crippen LogP contribution in [-0.2, 0) is 0 Å². The Hall–Kier alpha value is -3.41. The zero-order chi connectivity index (χ0) is 17.8. The van der Waals surface area contributed by atoms with Gasteiger partial charge in [0.05, 0.1) is 22.1 Å². The van der Waals surface area contributed by atoms with E-state index in [1.54, 1.807) is 22.6 Å². The Bertz CT molecular complexity index is 1300. The van der Waals surface area contributed by atoms with Gasteiger partial charge in [-0.05, 0) is 24.3 Å². The molecular formula is C20H10F3N3.